The highest BCUT2D eigenvalue weighted by Crippen LogP contribution is 2.47. The van der Waals surface area contributed by atoms with Crippen molar-refractivity contribution in [2.24, 2.45) is 10.9 Å². The minimum absolute atomic E-state index is 0.0125. The second-order valence-corrected chi connectivity index (χ2v) is 6.18. The molecule has 3 atom stereocenters. The zero-order valence-corrected chi connectivity index (χ0v) is 12.0. The molecule has 1 saturated carbocycles. The van der Waals surface area contributed by atoms with Gasteiger partial charge in [0.2, 0.25) is 12.2 Å². The molecule has 1 aliphatic carbocycles. The van der Waals surface area contributed by atoms with E-state index in [0.29, 0.717) is 28.6 Å². The van der Waals surface area contributed by atoms with Gasteiger partial charge in [0.15, 0.2) is 0 Å². The molecule has 1 aromatic rings. The van der Waals surface area contributed by atoms with Crippen molar-refractivity contribution in [2.45, 2.75) is 31.3 Å². The molecule has 3 aliphatic rings. The molecule has 0 N–H and O–H groups in total. The van der Waals surface area contributed by atoms with E-state index in [2.05, 4.69) is 4.99 Å². The summed E-state index contributed by atoms with van der Waals surface area (Å²) in [5.74, 6) is 0.857. The lowest BCUT2D eigenvalue weighted by Gasteiger charge is -2.28. The van der Waals surface area contributed by atoms with E-state index in [1.54, 1.807) is 23.1 Å². The van der Waals surface area contributed by atoms with E-state index in [-0.39, 0.29) is 11.9 Å². The Hall–Kier alpha value is -2.06. The van der Waals surface area contributed by atoms with Gasteiger partial charge in [-0.1, -0.05) is 17.7 Å². The van der Waals surface area contributed by atoms with Crippen LogP contribution in [0.2, 0.25) is 5.02 Å². The monoisotopic (exact) mass is 300 g/mol. The number of hydrogen-bond acceptors (Lipinski definition) is 3. The Kier molecular flexibility index (Phi) is 2.69. The van der Waals surface area contributed by atoms with Crippen molar-refractivity contribution in [3.05, 3.63) is 29.3 Å². The summed E-state index contributed by atoms with van der Waals surface area (Å²) in [6.45, 7) is 0. The molecule has 1 aromatic carbocycles. The summed E-state index contributed by atoms with van der Waals surface area (Å²) >= 11 is 6.03. The third-order valence-corrected chi connectivity index (χ3v) is 4.94. The third-order valence-electron chi connectivity index (χ3n) is 4.71. The molecule has 0 spiro atoms. The lowest BCUT2D eigenvalue weighted by molar-refractivity contribution is -0.120. The zero-order chi connectivity index (χ0) is 14.6. The summed E-state index contributed by atoms with van der Waals surface area (Å²) in [7, 11) is 0. The van der Waals surface area contributed by atoms with Crippen LogP contribution < -0.4 is 4.90 Å². The predicted octanol–water partition coefficient (Wildman–Crippen LogP) is 2.38. The van der Waals surface area contributed by atoms with Crippen LogP contribution in [0, 0.1) is 17.4 Å². The number of piperidine rings is 1. The van der Waals surface area contributed by atoms with E-state index >= 15 is 0 Å². The molecule has 21 heavy (non-hydrogen) atoms. The van der Waals surface area contributed by atoms with Gasteiger partial charge in [-0.3, -0.25) is 4.79 Å². The predicted molar refractivity (Wildman–Crippen MR) is 78.7 cm³/mol. The number of anilines is 1. The van der Waals surface area contributed by atoms with E-state index in [1.165, 1.54) is 0 Å². The topological polar surface area (TPSA) is 59.7 Å². The summed E-state index contributed by atoms with van der Waals surface area (Å²) < 4.78 is 0. The number of carbonyl (C=O) groups is 1. The quantitative estimate of drug-likeness (QED) is 0.748. The van der Waals surface area contributed by atoms with E-state index in [4.69, 9.17) is 16.9 Å². The number of nitrogens with zero attached hydrogens (tertiary/aromatic N) is 4. The SMILES string of the molecule is N#CN=C1N(c2cccc(Cl)c2)C(=O)[C@H]2C3CCC(C3)N12. The summed E-state index contributed by atoms with van der Waals surface area (Å²) in [4.78, 5) is 20.3. The molecular weight excluding hydrogens is 288 g/mol. The molecule has 2 saturated heterocycles. The lowest BCUT2D eigenvalue weighted by atomic mass is 9.99. The normalized spacial score (nSPS) is 31.9. The van der Waals surface area contributed by atoms with Gasteiger partial charge in [0.1, 0.15) is 6.04 Å². The minimum Gasteiger partial charge on any atom is -0.326 e. The van der Waals surface area contributed by atoms with Gasteiger partial charge in [-0.05, 0) is 43.4 Å². The first-order valence-electron chi connectivity index (χ1n) is 7.05. The van der Waals surface area contributed by atoms with Crippen molar-refractivity contribution in [1.82, 2.24) is 4.90 Å². The third kappa shape index (κ3) is 1.69. The number of carbonyl (C=O) groups excluding carboxylic acids is 1. The number of guanidine groups is 1. The first-order chi connectivity index (χ1) is 10.2. The van der Waals surface area contributed by atoms with Gasteiger partial charge in [-0.25, -0.2) is 4.90 Å². The maximum Gasteiger partial charge on any atom is 0.257 e. The fourth-order valence-corrected chi connectivity index (χ4v) is 4.13. The molecule has 2 aliphatic heterocycles. The van der Waals surface area contributed by atoms with Crippen molar-refractivity contribution in [1.29, 1.82) is 5.26 Å². The van der Waals surface area contributed by atoms with Crippen LogP contribution >= 0.6 is 11.6 Å². The smallest absolute Gasteiger partial charge is 0.257 e. The summed E-state index contributed by atoms with van der Waals surface area (Å²) in [5.41, 5.74) is 0.676. The molecule has 2 bridgehead atoms. The number of nitriles is 1. The first kappa shape index (κ1) is 12.7. The minimum atomic E-state index is -0.158. The second kappa shape index (κ2) is 4.47. The highest BCUT2D eigenvalue weighted by Gasteiger charge is 2.58. The average Bonchev–Trinajstić information content (AvgIpc) is 3.13. The summed E-state index contributed by atoms with van der Waals surface area (Å²) in [6, 6.07) is 7.29. The van der Waals surface area contributed by atoms with Gasteiger partial charge in [0, 0.05) is 11.1 Å². The zero-order valence-electron chi connectivity index (χ0n) is 11.2. The van der Waals surface area contributed by atoms with Crippen LogP contribution in [0.25, 0.3) is 0 Å². The molecule has 1 amide bonds. The fraction of sp³-hybridized carbons (Fsp3) is 0.400. The molecular formula is C15H13ClN4O. The molecule has 0 aromatic heterocycles. The average molecular weight is 301 g/mol. The van der Waals surface area contributed by atoms with E-state index < -0.39 is 0 Å². The summed E-state index contributed by atoms with van der Waals surface area (Å²) in [6.07, 6.45) is 5.02. The molecule has 6 heteroatoms. The van der Waals surface area contributed by atoms with Crippen LogP contribution in [-0.4, -0.2) is 28.9 Å². The number of benzene rings is 1. The van der Waals surface area contributed by atoms with E-state index in [9.17, 15) is 4.79 Å². The van der Waals surface area contributed by atoms with Gasteiger partial charge < -0.3 is 4.90 Å². The Morgan fingerprint density at radius 3 is 3.00 bits per heavy atom. The first-order valence-corrected chi connectivity index (χ1v) is 7.43. The molecule has 0 radical (unpaired) electrons. The van der Waals surface area contributed by atoms with Crippen LogP contribution in [0.3, 0.4) is 0 Å². The van der Waals surface area contributed by atoms with Crippen molar-refractivity contribution in [3.63, 3.8) is 0 Å². The van der Waals surface area contributed by atoms with Crippen LogP contribution in [0.4, 0.5) is 5.69 Å². The van der Waals surface area contributed by atoms with Gasteiger partial charge in [-0.2, -0.15) is 5.26 Å². The Labute approximate surface area is 127 Å². The largest absolute Gasteiger partial charge is 0.326 e. The second-order valence-electron chi connectivity index (χ2n) is 5.74. The molecule has 3 fully saturated rings. The number of rotatable bonds is 1. The number of fused-ring (bicyclic) bond motifs is 5. The molecule has 106 valence electrons. The van der Waals surface area contributed by atoms with E-state index in [1.807, 2.05) is 17.2 Å². The maximum atomic E-state index is 12.8. The molecule has 2 unspecified atom stereocenters. The van der Waals surface area contributed by atoms with Gasteiger partial charge >= 0.3 is 0 Å². The van der Waals surface area contributed by atoms with Crippen LogP contribution in [0.15, 0.2) is 29.3 Å². The Morgan fingerprint density at radius 1 is 1.38 bits per heavy atom. The van der Waals surface area contributed by atoms with Gasteiger partial charge in [0.05, 0.1) is 5.69 Å². The molecule has 2 heterocycles. The van der Waals surface area contributed by atoms with Crippen LogP contribution in [-0.2, 0) is 4.79 Å². The molecule has 4 rings (SSSR count). The Morgan fingerprint density at radius 2 is 2.24 bits per heavy atom. The van der Waals surface area contributed by atoms with Crippen LogP contribution in [0.1, 0.15) is 19.3 Å². The Bertz CT molecular complexity index is 695. The maximum absolute atomic E-state index is 12.8. The number of amides is 1. The summed E-state index contributed by atoms with van der Waals surface area (Å²) in [5, 5.41) is 9.56. The lowest BCUT2D eigenvalue weighted by Crippen LogP contribution is -2.41. The number of halogens is 1. The number of aliphatic imine (C=N–C) groups is 1. The van der Waals surface area contributed by atoms with Crippen molar-refractivity contribution in [3.8, 4) is 6.19 Å². The van der Waals surface area contributed by atoms with Crippen molar-refractivity contribution >= 4 is 29.2 Å². The van der Waals surface area contributed by atoms with E-state index in [0.717, 1.165) is 19.3 Å². The van der Waals surface area contributed by atoms with Crippen molar-refractivity contribution in [2.75, 3.05) is 4.90 Å². The van der Waals surface area contributed by atoms with Crippen molar-refractivity contribution < 1.29 is 4.79 Å². The van der Waals surface area contributed by atoms with Gasteiger partial charge in [0.25, 0.3) is 5.91 Å². The van der Waals surface area contributed by atoms with Gasteiger partial charge in [-0.15, -0.1) is 4.99 Å². The highest BCUT2D eigenvalue weighted by atomic mass is 35.5. The Balaban J connectivity index is 1.82. The number of hydrogen-bond donors (Lipinski definition) is 0. The fourth-order valence-electron chi connectivity index (χ4n) is 3.95. The standard InChI is InChI=1S/C15H13ClN4O/c16-10-2-1-3-11(7-10)20-14(21)13-9-4-5-12(6-9)19(13)15(20)18-8-17/h1-3,7,9,12-13H,4-6H2/t9?,12?,13-/m1/s1. The highest BCUT2D eigenvalue weighted by molar-refractivity contribution is 6.31. The van der Waals surface area contributed by atoms with Crippen LogP contribution in [0.5, 0.6) is 0 Å². The molecule has 5 nitrogen and oxygen atoms in total.